The molecule has 0 aliphatic rings. The fraction of sp³-hybridized carbons (Fsp3) is 0.238. The Bertz CT molecular complexity index is 1220. The van der Waals surface area contributed by atoms with E-state index in [1.54, 1.807) is 28.4 Å². The zero-order chi connectivity index (χ0) is 18.6. The van der Waals surface area contributed by atoms with Crippen molar-refractivity contribution >= 4 is 21.8 Å². The molecular weight excluding hydrogens is 326 g/mol. The molecule has 0 amide bonds. The highest BCUT2D eigenvalue weighted by atomic mass is 16.3. The van der Waals surface area contributed by atoms with Crippen LogP contribution >= 0.6 is 0 Å². The number of imidazole rings is 1. The van der Waals surface area contributed by atoms with Crippen LogP contribution < -0.4 is 5.69 Å². The minimum Gasteiger partial charge on any atom is -0.493 e. The van der Waals surface area contributed by atoms with E-state index in [1.807, 2.05) is 25.2 Å². The minimum absolute atomic E-state index is 0.0124. The Balaban J connectivity index is 2.11. The van der Waals surface area contributed by atoms with Crippen molar-refractivity contribution in [3.05, 3.63) is 58.6 Å². The van der Waals surface area contributed by atoms with Crippen molar-refractivity contribution in [3.8, 4) is 17.0 Å². The highest BCUT2D eigenvalue weighted by molar-refractivity contribution is 5.98. The zero-order valence-corrected chi connectivity index (χ0v) is 15.3. The Labute approximate surface area is 151 Å². The topological polar surface area (TPSA) is 60.1 Å². The van der Waals surface area contributed by atoms with Crippen molar-refractivity contribution in [2.45, 2.75) is 19.8 Å². The van der Waals surface area contributed by atoms with E-state index in [4.69, 9.17) is 0 Å². The average molecular weight is 347 g/mol. The predicted octanol–water partition coefficient (Wildman–Crippen LogP) is 3.92. The van der Waals surface area contributed by atoms with E-state index in [1.165, 1.54) is 0 Å². The van der Waals surface area contributed by atoms with Crippen molar-refractivity contribution in [3.63, 3.8) is 0 Å². The second-order valence-corrected chi connectivity index (χ2v) is 7.06. The zero-order valence-electron chi connectivity index (χ0n) is 15.3. The number of hydrogen-bond donors (Lipinski definition) is 1. The maximum absolute atomic E-state index is 12.4. The van der Waals surface area contributed by atoms with E-state index >= 15 is 0 Å². The van der Waals surface area contributed by atoms with Crippen LogP contribution in [0.3, 0.4) is 0 Å². The molecule has 5 nitrogen and oxygen atoms in total. The molecule has 0 radical (unpaired) electrons. The molecule has 4 rings (SSSR count). The van der Waals surface area contributed by atoms with Gasteiger partial charge in [-0.05, 0) is 40.1 Å². The summed E-state index contributed by atoms with van der Waals surface area (Å²) in [6.07, 6.45) is 1.70. The molecule has 1 N–H and O–H groups in total. The first-order chi connectivity index (χ1) is 12.4. The maximum atomic E-state index is 12.4. The van der Waals surface area contributed by atoms with Gasteiger partial charge in [0.05, 0.1) is 11.0 Å². The van der Waals surface area contributed by atoms with Crippen molar-refractivity contribution in [1.29, 1.82) is 0 Å². The molecule has 4 aromatic rings. The average Bonchev–Trinajstić information content (AvgIpc) is 2.84. The lowest BCUT2D eigenvalue weighted by Gasteiger charge is -2.14. The van der Waals surface area contributed by atoms with E-state index in [0.717, 1.165) is 38.5 Å². The van der Waals surface area contributed by atoms with Gasteiger partial charge in [-0.15, -0.1) is 0 Å². The van der Waals surface area contributed by atoms with Gasteiger partial charge in [0.15, 0.2) is 0 Å². The van der Waals surface area contributed by atoms with Crippen LogP contribution in [0.1, 0.15) is 25.3 Å². The Morgan fingerprint density at radius 3 is 2.58 bits per heavy atom. The van der Waals surface area contributed by atoms with Gasteiger partial charge < -0.3 is 5.11 Å². The SMILES string of the molecule is CC(C)c1cc(-c2cccc3cc(O)ncc23)cc2c1n(C)c(=O)n2C. The summed E-state index contributed by atoms with van der Waals surface area (Å²) in [5, 5.41) is 11.6. The number of aromatic nitrogens is 3. The van der Waals surface area contributed by atoms with Crippen LogP contribution in [0.25, 0.3) is 32.9 Å². The molecule has 0 saturated carbocycles. The van der Waals surface area contributed by atoms with Crippen molar-refractivity contribution in [2.75, 3.05) is 0 Å². The summed E-state index contributed by atoms with van der Waals surface area (Å²) in [5.74, 6) is 0.293. The summed E-state index contributed by atoms with van der Waals surface area (Å²) in [4.78, 5) is 16.5. The molecule has 0 aliphatic heterocycles. The largest absolute Gasteiger partial charge is 0.493 e. The maximum Gasteiger partial charge on any atom is 0.328 e. The molecule has 0 atom stereocenters. The summed E-state index contributed by atoms with van der Waals surface area (Å²) in [5.41, 5.74) is 5.09. The van der Waals surface area contributed by atoms with Crippen LogP contribution in [0.5, 0.6) is 5.88 Å². The molecule has 132 valence electrons. The van der Waals surface area contributed by atoms with Crippen LogP contribution in [0, 0.1) is 0 Å². The Morgan fingerprint density at radius 2 is 1.85 bits per heavy atom. The Morgan fingerprint density at radius 1 is 1.08 bits per heavy atom. The first kappa shape index (κ1) is 16.4. The van der Waals surface area contributed by atoms with Crippen molar-refractivity contribution in [1.82, 2.24) is 14.1 Å². The van der Waals surface area contributed by atoms with Gasteiger partial charge >= 0.3 is 5.69 Å². The molecule has 0 aliphatic carbocycles. The van der Waals surface area contributed by atoms with Crippen LogP contribution in [-0.2, 0) is 14.1 Å². The number of nitrogens with zero attached hydrogens (tertiary/aromatic N) is 3. The molecule has 0 fully saturated rings. The van der Waals surface area contributed by atoms with Gasteiger partial charge in [-0.25, -0.2) is 9.78 Å². The number of hydrogen-bond acceptors (Lipinski definition) is 3. The molecule has 2 heterocycles. The lowest BCUT2D eigenvalue weighted by Crippen LogP contribution is -2.19. The smallest absolute Gasteiger partial charge is 0.328 e. The van der Waals surface area contributed by atoms with Crippen LogP contribution in [0.4, 0.5) is 0 Å². The second-order valence-electron chi connectivity index (χ2n) is 7.06. The Kier molecular flexibility index (Phi) is 3.61. The lowest BCUT2D eigenvalue weighted by atomic mass is 9.93. The van der Waals surface area contributed by atoms with Gasteiger partial charge in [0.1, 0.15) is 0 Å². The third-order valence-corrected chi connectivity index (χ3v) is 5.07. The molecule has 5 heteroatoms. The van der Waals surface area contributed by atoms with E-state index in [9.17, 15) is 9.90 Å². The van der Waals surface area contributed by atoms with Crippen molar-refractivity contribution in [2.24, 2.45) is 14.1 Å². The number of pyridine rings is 1. The van der Waals surface area contributed by atoms with Gasteiger partial charge in [0.25, 0.3) is 0 Å². The highest BCUT2D eigenvalue weighted by Crippen LogP contribution is 2.34. The van der Waals surface area contributed by atoms with E-state index < -0.39 is 0 Å². The van der Waals surface area contributed by atoms with Crippen LogP contribution in [-0.4, -0.2) is 19.2 Å². The van der Waals surface area contributed by atoms with Gasteiger partial charge in [0.2, 0.25) is 5.88 Å². The molecular formula is C21H21N3O2. The van der Waals surface area contributed by atoms with Crippen LogP contribution in [0.2, 0.25) is 0 Å². The normalized spacial score (nSPS) is 11.7. The second kappa shape index (κ2) is 5.73. The molecule has 0 saturated heterocycles. The van der Waals surface area contributed by atoms with E-state index in [-0.39, 0.29) is 17.5 Å². The number of aromatic hydroxyl groups is 1. The molecule has 2 aromatic heterocycles. The van der Waals surface area contributed by atoms with Crippen molar-refractivity contribution < 1.29 is 5.11 Å². The highest BCUT2D eigenvalue weighted by Gasteiger charge is 2.17. The summed E-state index contributed by atoms with van der Waals surface area (Å²) in [6, 6.07) is 11.9. The number of benzene rings is 2. The molecule has 0 bridgehead atoms. The summed E-state index contributed by atoms with van der Waals surface area (Å²) < 4.78 is 3.41. The fourth-order valence-electron chi connectivity index (χ4n) is 3.69. The van der Waals surface area contributed by atoms with E-state index in [2.05, 4.69) is 31.0 Å². The molecule has 26 heavy (non-hydrogen) atoms. The first-order valence-electron chi connectivity index (χ1n) is 8.66. The molecule has 0 unspecified atom stereocenters. The molecule has 0 spiro atoms. The lowest BCUT2D eigenvalue weighted by molar-refractivity contribution is 0.454. The standard InChI is InChI=1S/C21H21N3O2/c1-12(2)16-8-14(9-18-20(16)24(4)21(26)23(18)3)15-7-5-6-13-10-19(25)22-11-17(13)15/h5-12H,1-4H3,(H,22,25). The summed E-state index contributed by atoms with van der Waals surface area (Å²) in [6.45, 7) is 4.28. The molecule has 2 aromatic carbocycles. The summed E-state index contributed by atoms with van der Waals surface area (Å²) in [7, 11) is 3.63. The van der Waals surface area contributed by atoms with Crippen LogP contribution in [0.15, 0.2) is 47.4 Å². The number of rotatable bonds is 2. The Hall–Kier alpha value is -3.08. The third kappa shape index (κ3) is 2.31. The quantitative estimate of drug-likeness (QED) is 0.598. The van der Waals surface area contributed by atoms with Gasteiger partial charge in [-0.1, -0.05) is 32.0 Å². The minimum atomic E-state index is -0.0245. The predicted molar refractivity (Wildman–Crippen MR) is 105 cm³/mol. The van der Waals surface area contributed by atoms with Gasteiger partial charge in [0, 0.05) is 31.7 Å². The monoisotopic (exact) mass is 347 g/mol. The number of aryl methyl sites for hydroxylation is 2. The van der Waals surface area contributed by atoms with E-state index in [0.29, 0.717) is 0 Å². The van der Waals surface area contributed by atoms with Gasteiger partial charge in [-0.3, -0.25) is 9.13 Å². The third-order valence-electron chi connectivity index (χ3n) is 5.07. The van der Waals surface area contributed by atoms with Gasteiger partial charge in [-0.2, -0.15) is 0 Å². The number of fused-ring (bicyclic) bond motifs is 2. The first-order valence-corrected chi connectivity index (χ1v) is 8.66. The summed E-state index contributed by atoms with van der Waals surface area (Å²) >= 11 is 0. The fourth-order valence-corrected chi connectivity index (χ4v) is 3.69.